The number of sulfonamides is 1. The fraction of sp³-hybridized carbons (Fsp3) is 0.364. The number of hydrogen-bond donors (Lipinski definition) is 0. The van der Waals surface area contributed by atoms with E-state index in [9.17, 15) is 8.42 Å². The molecule has 0 amide bonds. The Bertz CT molecular complexity index is 1130. The molecule has 0 bridgehead atoms. The molecule has 0 spiro atoms. The molecule has 0 N–H and O–H groups in total. The Kier molecular flexibility index (Phi) is 5.90. The minimum atomic E-state index is -3.42. The summed E-state index contributed by atoms with van der Waals surface area (Å²) in [6.45, 7) is 8.31. The van der Waals surface area contributed by atoms with Gasteiger partial charge in [-0.25, -0.2) is 8.42 Å². The van der Waals surface area contributed by atoms with Crippen LogP contribution >= 0.6 is 11.3 Å². The van der Waals surface area contributed by atoms with E-state index in [1.54, 1.807) is 10.4 Å². The van der Waals surface area contributed by atoms with Gasteiger partial charge in [-0.15, -0.1) is 21.5 Å². The van der Waals surface area contributed by atoms with Crippen LogP contribution in [0.5, 0.6) is 0 Å². The molecule has 0 radical (unpaired) electrons. The minimum absolute atomic E-state index is 0.435. The third-order valence-corrected chi connectivity index (χ3v) is 9.19. The molecule has 0 saturated carbocycles. The summed E-state index contributed by atoms with van der Waals surface area (Å²) in [6.07, 6.45) is 0.852. The van der Waals surface area contributed by atoms with Crippen molar-refractivity contribution >= 4 is 27.2 Å². The number of thiophene rings is 1. The van der Waals surface area contributed by atoms with Crippen molar-refractivity contribution in [2.75, 3.05) is 31.1 Å². The molecule has 0 unspecified atom stereocenters. The normalized spacial score (nSPS) is 15.5. The average Bonchev–Trinajstić information content (AvgIpc) is 3.26. The van der Waals surface area contributed by atoms with Crippen molar-refractivity contribution in [3.05, 3.63) is 58.5 Å². The first-order valence-electron chi connectivity index (χ1n) is 10.1. The quantitative estimate of drug-likeness (QED) is 0.600. The van der Waals surface area contributed by atoms with Gasteiger partial charge in [0.15, 0.2) is 5.82 Å². The number of aryl methyl sites for hydroxylation is 3. The largest absolute Gasteiger partial charge is 0.352 e. The van der Waals surface area contributed by atoms with Crippen LogP contribution in [0, 0.1) is 13.8 Å². The van der Waals surface area contributed by atoms with Crippen LogP contribution in [0.1, 0.15) is 22.9 Å². The van der Waals surface area contributed by atoms with Crippen molar-refractivity contribution < 1.29 is 8.42 Å². The van der Waals surface area contributed by atoms with Crippen molar-refractivity contribution in [1.82, 2.24) is 14.5 Å². The summed E-state index contributed by atoms with van der Waals surface area (Å²) in [4.78, 5) is 3.18. The molecule has 3 heterocycles. The molecule has 158 valence electrons. The summed E-state index contributed by atoms with van der Waals surface area (Å²) in [5.74, 6) is 0.782. The van der Waals surface area contributed by atoms with Gasteiger partial charge in [-0.2, -0.15) is 4.31 Å². The van der Waals surface area contributed by atoms with Gasteiger partial charge in [-0.3, -0.25) is 0 Å². The Labute approximate surface area is 182 Å². The van der Waals surface area contributed by atoms with Crippen LogP contribution < -0.4 is 4.90 Å². The number of benzene rings is 1. The third-order valence-electron chi connectivity index (χ3n) is 5.60. The highest BCUT2D eigenvalue weighted by Crippen LogP contribution is 2.27. The summed E-state index contributed by atoms with van der Waals surface area (Å²) >= 11 is 1.37. The third kappa shape index (κ3) is 4.12. The number of rotatable bonds is 5. The first kappa shape index (κ1) is 21.0. The number of anilines is 1. The zero-order valence-electron chi connectivity index (χ0n) is 17.5. The zero-order chi connectivity index (χ0) is 21.3. The lowest BCUT2D eigenvalue weighted by atomic mass is 10.0. The van der Waals surface area contributed by atoms with Gasteiger partial charge >= 0.3 is 0 Å². The van der Waals surface area contributed by atoms with Gasteiger partial charge in [0.1, 0.15) is 4.21 Å². The Morgan fingerprint density at radius 2 is 1.70 bits per heavy atom. The van der Waals surface area contributed by atoms with Crippen molar-refractivity contribution in [2.24, 2.45) is 0 Å². The molecule has 6 nitrogen and oxygen atoms in total. The highest BCUT2D eigenvalue weighted by Gasteiger charge is 2.30. The van der Waals surface area contributed by atoms with Gasteiger partial charge in [0.25, 0.3) is 10.0 Å². The first-order chi connectivity index (χ1) is 14.4. The number of hydrogen-bond acceptors (Lipinski definition) is 6. The Morgan fingerprint density at radius 1 is 0.933 bits per heavy atom. The Morgan fingerprint density at radius 3 is 2.30 bits per heavy atom. The molecule has 1 fully saturated rings. The van der Waals surface area contributed by atoms with E-state index >= 15 is 0 Å². The van der Waals surface area contributed by atoms with Crippen LogP contribution in [0.4, 0.5) is 5.82 Å². The first-order valence-corrected chi connectivity index (χ1v) is 12.4. The van der Waals surface area contributed by atoms with E-state index in [-0.39, 0.29) is 0 Å². The van der Waals surface area contributed by atoms with E-state index in [2.05, 4.69) is 47.1 Å². The molecule has 30 heavy (non-hydrogen) atoms. The Balaban J connectivity index is 1.43. The zero-order valence-corrected chi connectivity index (χ0v) is 19.1. The van der Waals surface area contributed by atoms with Crippen molar-refractivity contribution in [3.63, 3.8) is 0 Å². The topological polar surface area (TPSA) is 66.4 Å². The average molecular weight is 443 g/mol. The molecule has 1 saturated heterocycles. The van der Waals surface area contributed by atoms with Gasteiger partial charge < -0.3 is 4.90 Å². The van der Waals surface area contributed by atoms with E-state index in [0.29, 0.717) is 30.4 Å². The molecule has 4 rings (SSSR count). The van der Waals surface area contributed by atoms with Gasteiger partial charge in [0.2, 0.25) is 0 Å². The molecule has 0 atom stereocenters. The van der Waals surface area contributed by atoms with Gasteiger partial charge in [-0.05, 0) is 61.7 Å². The summed E-state index contributed by atoms with van der Waals surface area (Å²) in [5, 5.41) is 8.80. The van der Waals surface area contributed by atoms with Crippen LogP contribution in [-0.4, -0.2) is 49.1 Å². The lowest BCUT2D eigenvalue weighted by Crippen LogP contribution is -2.48. The maximum atomic E-state index is 12.9. The molecule has 0 aliphatic carbocycles. The van der Waals surface area contributed by atoms with Gasteiger partial charge in [0.05, 0.1) is 5.69 Å². The summed E-state index contributed by atoms with van der Waals surface area (Å²) < 4.78 is 27.8. The lowest BCUT2D eigenvalue weighted by Gasteiger charge is -2.34. The van der Waals surface area contributed by atoms with E-state index < -0.39 is 10.0 Å². The van der Waals surface area contributed by atoms with E-state index in [0.717, 1.165) is 28.4 Å². The number of nitrogens with zero attached hydrogens (tertiary/aromatic N) is 4. The van der Waals surface area contributed by atoms with Crippen molar-refractivity contribution in [3.8, 4) is 11.3 Å². The monoisotopic (exact) mass is 442 g/mol. The maximum absolute atomic E-state index is 12.9. The molecule has 2 aromatic heterocycles. The minimum Gasteiger partial charge on any atom is -0.352 e. The number of piperazine rings is 1. The van der Waals surface area contributed by atoms with E-state index in [1.165, 1.54) is 22.5 Å². The summed E-state index contributed by atoms with van der Waals surface area (Å²) in [6, 6.07) is 13.9. The lowest BCUT2D eigenvalue weighted by molar-refractivity contribution is 0.384. The SMILES string of the molecule is CCc1ccc(S(=O)(=O)N2CCN(c3ccc(-c4ccc(C)c(C)c4)nn3)CC2)s1. The van der Waals surface area contributed by atoms with Crippen LogP contribution in [0.15, 0.2) is 46.7 Å². The summed E-state index contributed by atoms with van der Waals surface area (Å²) in [7, 11) is -3.42. The van der Waals surface area contributed by atoms with Crippen LogP contribution in [0.3, 0.4) is 0 Å². The second kappa shape index (κ2) is 8.45. The molecule has 1 aliphatic rings. The highest BCUT2D eigenvalue weighted by molar-refractivity contribution is 7.91. The van der Waals surface area contributed by atoms with Crippen molar-refractivity contribution in [2.45, 2.75) is 31.4 Å². The fourth-order valence-corrected chi connectivity index (χ4v) is 6.39. The van der Waals surface area contributed by atoms with Gasteiger partial charge in [-0.1, -0.05) is 19.1 Å². The number of aromatic nitrogens is 2. The molecule has 8 heteroatoms. The fourth-order valence-electron chi connectivity index (χ4n) is 3.52. The second-order valence-corrected chi connectivity index (χ2v) is 10.9. The Hall–Kier alpha value is -2.29. The predicted molar refractivity (Wildman–Crippen MR) is 122 cm³/mol. The predicted octanol–water partition coefficient (Wildman–Crippen LogP) is 3.90. The standard InChI is InChI=1S/C22H26N4O2S2/c1-4-19-7-10-22(29-19)30(27,28)26-13-11-25(12-14-26)21-9-8-20(23-24-21)18-6-5-16(2)17(3)15-18/h5-10,15H,4,11-14H2,1-3H3. The van der Waals surface area contributed by atoms with E-state index in [1.807, 2.05) is 25.1 Å². The second-order valence-electron chi connectivity index (χ2n) is 7.54. The molecule has 1 aromatic carbocycles. The van der Waals surface area contributed by atoms with Crippen LogP contribution in [-0.2, 0) is 16.4 Å². The van der Waals surface area contributed by atoms with Gasteiger partial charge in [0, 0.05) is 36.6 Å². The van der Waals surface area contributed by atoms with Crippen LogP contribution in [0.2, 0.25) is 0 Å². The van der Waals surface area contributed by atoms with E-state index in [4.69, 9.17) is 0 Å². The molecule has 1 aliphatic heterocycles. The smallest absolute Gasteiger partial charge is 0.252 e. The molecular weight excluding hydrogens is 416 g/mol. The summed E-state index contributed by atoms with van der Waals surface area (Å²) in [5.41, 5.74) is 4.38. The molecular formula is C22H26N4O2S2. The van der Waals surface area contributed by atoms with Crippen molar-refractivity contribution in [1.29, 1.82) is 0 Å². The highest BCUT2D eigenvalue weighted by atomic mass is 32.2. The molecule has 3 aromatic rings. The van der Waals surface area contributed by atoms with Crippen LogP contribution in [0.25, 0.3) is 11.3 Å². The maximum Gasteiger partial charge on any atom is 0.252 e.